The fourth-order valence-corrected chi connectivity index (χ4v) is 4.17. The minimum atomic E-state index is -1.15. The number of aromatic carboxylic acids is 1. The van der Waals surface area contributed by atoms with Crippen molar-refractivity contribution in [1.82, 2.24) is 9.78 Å². The smallest absolute Gasteiger partial charge is 0.356 e. The predicted molar refractivity (Wildman–Crippen MR) is 109 cm³/mol. The fraction of sp³-hybridized carbons (Fsp3) is 0.800. The number of fused-ring (bicyclic) bond motifs is 1. The van der Waals surface area contributed by atoms with Crippen LogP contribution in [0.2, 0.25) is 25.7 Å². The van der Waals surface area contributed by atoms with Crippen molar-refractivity contribution in [3.05, 3.63) is 17.0 Å². The number of carbonyl (C=O) groups is 1. The quantitative estimate of drug-likeness (QED) is 0.474. The average Bonchev–Trinajstić information content (AvgIpc) is 2.88. The van der Waals surface area contributed by atoms with E-state index in [9.17, 15) is 9.90 Å². The second kappa shape index (κ2) is 8.88. The number of nitrogens with zero attached hydrogens (tertiary/aromatic N) is 2. The number of carboxylic acids is 1. The van der Waals surface area contributed by atoms with Crippen molar-refractivity contribution in [3.63, 3.8) is 0 Å². The molecule has 1 aliphatic rings. The largest absolute Gasteiger partial charge is 0.476 e. The van der Waals surface area contributed by atoms with Gasteiger partial charge in [0.2, 0.25) is 0 Å². The monoisotopic (exact) mass is 396 g/mol. The van der Waals surface area contributed by atoms with Gasteiger partial charge in [-0.05, 0) is 24.3 Å². The van der Waals surface area contributed by atoms with E-state index in [0.717, 1.165) is 43.2 Å². The van der Waals surface area contributed by atoms with Gasteiger partial charge in [-0.15, -0.1) is 0 Å². The molecule has 1 aromatic rings. The van der Waals surface area contributed by atoms with Crippen LogP contribution >= 0.6 is 0 Å². The van der Waals surface area contributed by atoms with Crippen molar-refractivity contribution in [2.45, 2.75) is 85.0 Å². The maximum absolute atomic E-state index is 11.7. The molecule has 154 valence electrons. The highest BCUT2D eigenvalue weighted by molar-refractivity contribution is 6.76. The van der Waals surface area contributed by atoms with Gasteiger partial charge in [0.05, 0.1) is 6.10 Å². The third-order valence-electron chi connectivity index (χ3n) is 5.28. The zero-order chi connectivity index (χ0) is 20.2. The summed E-state index contributed by atoms with van der Waals surface area (Å²) in [5, 5.41) is 14.0. The summed E-state index contributed by atoms with van der Waals surface area (Å²) in [6.45, 7) is 15.2. The van der Waals surface area contributed by atoms with Gasteiger partial charge in [-0.1, -0.05) is 46.8 Å². The van der Waals surface area contributed by atoms with E-state index in [0.29, 0.717) is 19.8 Å². The molecular weight excluding hydrogens is 360 g/mol. The van der Waals surface area contributed by atoms with Crippen molar-refractivity contribution in [1.29, 1.82) is 0 Å². The second-order valence-corrected chi connectivity index (χ2v) is 15.1. The molecule has 1 unspecified atom stereocenters. The summed E-state index contributed by atoms with van der Waals surface area (Å²) in [5.41, 5.74) is 1.89. The number of rotatable bonds is 10. The molecule has 1 aliphatic carbocycles. The standard InChI is InChI=1S/C20H36N2O4Si/c1-7-8-9-26-17-12-15-16(13-20(17,2)3)22(21-18(15)19(23)24)14-25-10-11-27(4,5)6/h17H,7-14H2,1-6H3,(H,23,24). The van der Waals surface area contributed by atoms with Crippen LogP contribution < -0.4 is 0 Å². The molecule has 0 fully saturated rings. The molecule has 1 N–H and O–H groups in total. The van der Waals surface area contributed by atoms with Gasteiger partial charge in [0.1, 0.15) is 6.73 Å². The first-order chi connectivity index (χ1) is 12.5. The molecule has 0 amide bonds. The molecule has 1 aromatic heterocycles. The fourth-order valence-electron chi connectivity index (χ4n) is 3.42. The molecule has 0 bridgehead atoms. The SMILES string of the molecule is CCCCOC1Cc2c(C(=O)O)nn(COCC[Si](C)(C)C)c2CC1(C)C. The molecule has 0 saturated heterocycles. The summed E-state index contributed by atoms with van der Waals surface area (Å²) in [7, 11) is -1.15. The van der Waals surface area contributed by atoms with E-state index in [4.69, 9.17) is 9.47 Å². The van der Waals surface area contributed by atoms with E-state index >= 15 is 0 Å². The van der Waals surface area contributed by atoms with Crippen LogP contribution in [0.25, 0.3) is 0 Å². The Morgan fingerprint density at radius 2 is 2.04 bits per heavy atom. The highest BCUT2D eigenvalue weighted by atomic mass is 28.3. The van der Waals surface area contributed by atoms with Crippen LogP contribution in [0.4, 0.5) is 0 Å². The van der Waals surface area contributed by atoms with Crippen LogP contribution in [0.5, 0.6) is 0 Å². The lowest BCUT2D eigenvalue weighted by molar-refractivity contribution is -0.0337. The van der Waals surface area contributed by atoms with Crippen molar-refractivity contribution >= 4 is 14.0 Å². The summed E-state index contributed by atoms with van der Waals surface area (Å²) in [5.74, 6) is -0.973. The Hall–Kier alpha value is -1.18. The Bertz CT molecular complexity index is 649. The third-order valence-corrected chi connectivity index (χ3v) is 6.98. The third kappa shape index (κ3) is 5.89. The van der Waals surface area contributed by atoms with E-state index in [1.807, 2.05) is 0 Å². The van der Waals surface area contributed by atoms with Crippen LogP contribution in [0.15, 0.2) is 0 Å². The average molecular weight is 397 g/mol. The number of carboxylic acid groups (broad SMARTS) is 1. The molecule has 0 spiro atoms. The van der Waals surface area contributed by atoms with Gasteiger partial charge in [-0.3, -0.25) is 0 Å². The van der Waals surface area contributed by atoms with Gasteiger partial charge in [0.15, 0.2) is 5.69 Å². The molecule has 2 rings (SSSR count). The predicted octanol–water partition coefficient (Wildman–Crippen LogP) is 4.20. The first kappa shape index (κ1) is 22.1. The summed E-state index contributed by atoms with van der Waals surface area (Å²) >= 11 is 0. The molecule has 0 saturated carbocycles. The topological polar surface area (TPSA) is 73.6 Å². The lowest BCUT2D eigenvalue weighted by atomic mass is 9.73. The summed E-state index contributed by atoms with van der Waals surface area (Å²) in [4.78, 5) is 11.7. The van der Waals surface area contributed by atoms with Crippen molar-refractivity contribution in [2.75, 3.05) is 13.2 Å². The van der Waals surface area contributed by atoms with Crippen LogP contribution in [0, 0.1) is 5.41 Å². The maximum atomic E-state index is 11.7. The minimum absolute atomic E-state index is 0.0140. The van der Waals surface area contributed by atoms with Crippen LogP contribution in [-0.4, -0.2) is 48.2 Å². The van der Waals surface area contributed by atoms with Crippen molar-refractivity contribution in [3.8, 4) is 0 Å². The van der Waals surface area contributed by atoms with Crippen molar-refractivity contribution in [2.24, 2.45) is 5.41 Å². The second-order valence-electron chi connectivity index (χ2n) is 9.51. The Balaban J connectivity index is 2.16. The van der Waals surface area contributed by atoms with Gasteiger partial charge >= 0.3 is 5.97 Å². The summed E-state index contributed by atoms with van der Waals surface area (Å²) in [6.07, 6.45) is 3.47. The van der Waals surface area contributed by atoms with Gasteiger partial charge in [-0.2, -0.15) is 5.10 Å². The number of ether oxygens (including phenoxy) is 2. The number of hydrogen-bond donors (Lipinski definition) is 1. The molecule has 0 aromatic carbocycles. The normalized spacial score (nSPS) is 19.1. The zero-order valence-electron chi connectivity index (χ0n) is 17.8. The Morgan fingerprint density at radius 3 is 2.63 bits per heavy atom. The molecule has 0 radical (unpaired) electrons. The Morgan fingerprint density at radius 1 is 1.33 bits per heavy atom. The molecule has 27 heavy (non-hydrogen) atoms. The Kier molecular flexibility index (Phi) is 7.27. The molecule has 6 nitrogen and oxygen atoms in total. The molecule has 7 heteroatoms. The highest BCUT2D eigenvalue weighted by Gasteiger charge is 2.40. The van der Waals surface area contributed by atoms with Gasteiger partial charge in [0, 0.05) is 39.0 Å². The van der Waals surface area contributed by atoms with Crippen LogP contribution in [0.3, 0.4) is 0 Å². The van der Waals surface area contributed by atoms with E-state index in [2.05, 4.69) is 45.5 Å². The van der Waals surface area contributed by atoms with Gasteiger partial charge in [0.25, 0.3) is 0 Å². The van der Waals surface area contributed by atoms with E-state index in [1.165, 1.54) is 0 Å². The van der Waals surface area contributed by atoms with Gasteiger partial charge in [-0.25, -0.2) is 9.48 Å². The first-order valence-electron chi connectivity index (χ1n) is 10.1. The molecule has 0 aliphatic heterocycles. The van der Waals surface area contributed by atoms with E-state index in [1.54, 1.807) is 4.68 Å². The number of hydrogen-bond acceptors (Lipinski definition) is 4. The number of aromatic nitrogens is 2. The molecule has 1 heterocycles. The maximum Gasteiger partial charge on any atom is 0.356 e. The summed E-state index contributed by atoms with van der Waals surface area (Å²) < 4.78 is 13.7. The van der Waals surface area contributed by atoms with Gasteiger partial charge < -0.3 is 14.6 Å². The minimum Gasteiger partial charge on any atom is -0.476 e. The van der Waals surface area contributed by atoms with E-state index in [-0.39, 0.29) is 17.2 Å². The Labute approximate surface area is 164 Å². The lowest BCUT2D eigenvalue weighted by Crippen LogP contribution is -2.40. The molecular formula is C20H36N2O4Si. The number of unbranched alkanes of at least 4 members (excludes halogenated alkanes) is 1. The zero-order valence-corrected chi connectivity index (χ0v) is 18.8. The first-order valence-corrected chi connectivity index (χ1v) is 13.8. The summed E-state index contributed by atoms with van der Waals surface area (Å²) in [6, 6.07) is 1.08. The van der Waals surface area contributed by atoms with Crippen LogP contribution in [0.1, 0.15) is 55.4 Å². The van der Waals surface area contributed by atoms with Crippen LogP contribution in [-0.2, 0) is 29.0 Å². The van der Waals surface area contributed by atoms with Crippen molar-refractivity contribution < 1.29 is 19.4 Å². The molecule has 1 atom stereocenters. The van der Waals surface area contributed by atoms with E-state index < -0.39 is 14.0 Å². The highest BCUT2D eigenvalue weighted by Crippen LogP contribution is 2.38. The lowest BCUT2D eigenvalue weighted by Gasteiger charge is -2.38.